The number of rotatable bonds is 8. The number of carbonyl (C=O) groups excluding carboxylic acids is 2. The fraction of sp³-hybridized carbons (Fsp3) is 0.280. The topological polar surface area (TPSA) is 61.4 Å². The minimum absolute atomic E-state index is 0.111. The third-order valence-corrected chi connectivity index (χ3v) is 5.17. The van der Waals surface area contributed by atoms with Crippen LogP contribution in [0.25, 0.3) is 10.8 Å². The number of amides is 2. The predicted octanol–water partition coefficient (Wildman–Crippen LogP) is 4.15. The Bertz CT molecular complexity index is 1030. The first-order valence-corrected chi connectivity index (χ1v) is 10.3. The number of nitrogens with one attached hydrogen (secondary N) is 2. The Balaban J connectivity index is 1.54. The summed E-state index contributed by atoms with van der Waals surface area (Å²) in [5.74, 6) is -0.243. The number of benzene rings is 3. The number of aryl methyl sites for hydroxylation is 1. The van der Waals surface area contributed by atoms with Crippen LogP contribution >= 0.6 is 0 Å². The first-order chi connectivity index (χ1) is 14.5. The van der Waals surface area contributed by atoms with Gasteiger partial charge in [0.05, 0.1) is 19.1 Å². The van der Waals surface area contributed by atoms with Gasteiger partial charge in [-0.3, -0.25) is 14.5 Å². The minimum Gasteiger partial charge on any atom is -0.348 e. The summed E-state index contributed by atoms with van der Waals surface area (Å²) in [6.45, 7) is 4.33. The summed E-state index contributed by atoms with van der Waals surface area (Å²) >= 11 is 0. The Morgan fingerprint density at radius 1 is 0.900 bits per heavy atom. The Hall–Kier alpha value is -3.18. The number of likely N-dealkylation sites (N-methyl/N-ethyl adjacent to an activating group) is 1. The zero-order valence-electron chi connectivity index (χ0n) is 17.8. The van der Waals surface area contributed by atoms with Crippen molar-refractivity contribution in [3.63, 3.8) is 0 Å². The monoisotopic (exact) mass is 403 g/mol. The van der Waals surface area contributed by atoms with Gasteiger partial charge in [-0.2, -0.15) is 0 Å². The molecule has 0 bridgehead atoms. The molecule has 0 heterocycles. The number of nitrogens with zero attached hydrogens (tertiary/aromatic N) is 1. The van der Waals surface area contributed by atoms with E-state index >= 15 is 0 Å². The largest absolute Gasteiger partial charge is 0.348 e. The lowest BCUT2D eigenvalue weighted by atomic mass is 10.00. The van der Waals surface area contributed by atoms with Gasteiger partial charge in [0.1, 0.15) is 0 Å². The molecule has 5 heteroatoms. The maximum Gasteiger partial charge on any atom is 0.238 e. The molecule has 0 saturated carbocycles. The normalized spacial score (nSPS) is 12.0. The first kappa shape index (κ1) is 21.5. The summed E-state index contributed by atoms with van der Waals surface area (Å²) in [6, 6.07) is 21.9. The van der Waals surface area contributed by atoms with Crippen molar-refractivity contribution in [3.8, 4) is 0 Å². The van der Waals surface area contributed by atoms with Crippen LogP contribution in [0.5, 0.6) is 0 Å². The average molecular weight is 404 g/mol. The standard InChI is InChI=1S/C25H29N3O2/c1-4-19-10-6-8-15-23(19)27-25(30)17-28(3)16-24(29)26-18(2)21-14-9-12-20-11-5-7-13-22(20)21/h5-15,18H,4,16-17H2,1-3H3,(H,26,29)(H,27,30)/t18-/m0/s1. The van der Waals surface area contributed by atoms with Gasteiger partial charge in [0.25, 0.3) is 0 Å². The number of anilines is 1. The van der Waals surface area contributed by atoms with Gasteiger partial charge in [0.15, 0.2) is 0 Å². The van der Waals surface area contributed by atoms with Crippen molar-refractivity contribution >= 4 is 28.3 Å². The summed E-state index contributed by atoms with van der Waals surface area (Å²) in [4.78, 5) is 26.6. The molecule has 156 valence electrons. The van der Waals surface area contributed by atoms with Crippen LogP contribution < -0.4 is 10.6 Å². The van der Waals surface area contributed by atoms with Crippen molar-refractivity contribution in [3.05, 3.63) is 77.9 Å². The van der Waals surface area contributed by atoms with Crippen LogP contribution in [0.3, 0.4) is 0 Å². The zero-order valence-corrected chi connectivity index (χ0v) is 17.8. The Kier molecular flexibility index (Phi) is 7.20. The van der Waals surface area contributed by atoms with Crippen LogP contribution in [-0.4, -0.2) is 36.9 Å². The van der Waals surface area contributed by atoms with E-state index in [0.717, 1.165) is 34.0 Å². The molecule has 0 aromatic heterocycles. The predicted molar refractivity (Wildman–Crippen MR) is 122 cm³/mol. The van der Waals surface area contributed by atoms with Gasteiger partial charge in [0.2, 0.25) is 11.8 Å². The van der Waals surface area contributed by atoms with Gasteiger partial charge in [-0.05, 0) is 48.4 Å². The molecule has 30 heavy (non-hydrogen) atoms. The molecular weight excluding hydrogens is 374 g/mol. The highest BCUT2D eigenvalue weighted by atomic mass is 16.2. The quantitative estimate of drug-likeness (QED) is 0.594. The summed E-state index contributed by atoms with van der Waals surface area (Å²) in [5.41, 5.74) is 3.00. The van der Waals surface area contributed by atoms with Crippen LogP contribution in [-0.2, 0) is 16.0 Å². The van der Waals surface area contributed by atoms with E-state index in [1.165, 1.54) is 0 Å². The third kappa shape index (κ3) is 5.45. The lowest BCUT2D eigenvalue weighted by Gasteiger charge is -2.20. The van der Waals surface area contributed by atoms with Crippen molar-refractivity contribution in [1.29, 1.82) is 0 Å². The molecule has 0 saturated heterocycles. The number of para-hydroxylation sites is 1. The number of carbonyl (C=O) groups is 2. The summed E-state index contributed by atoms with van der Waals surface area (Å²) in [5, 5.41) is 8.27. The molecule has 0 fully saturated rings. The molecule has 2 amide bonds. The van der Waals surface area contributed by atoms with Crippen molar-refractivity contribution in [1.82, 2.24) is 10.2 Å². The van der Waals surface area contributed by atoms with E-state index in [2.05, 4.69) is 35.8 Å². The molecule has 0 unspecified atom stereocenters. The zero-order chi connectivity index (χ0) is 21.5. The van der Waals surface area contributed by atoms with E-state index < -0.39 is 0 Å². The third-order valence-electron chi connectivity index (χ3n) is 5.17. The van der Waals surface area contributed by atoms with Crippen LogP contribution in [0.2, 0.25) is 0 Å². The lowest BCUT2D eigenvalue weighted by Crippen LogP contribution is -2.39. The van der Waals surface area contributed by atoms with E-state index in [1.807, 2.05) is 55.5 Å². The Morgan fingerprint density at radius 2 is 1.57 bits per heavy atom. The molecule has 5 nitrogen and oxygen atoms in total. The molecule has 0 spiro atoms. The molecule has 0 aliphatic carbocycles. The van der Waals surface area contributed by atoms with Gasteiger partial charge < -0.3 is 10.6 Å². The fourth-order valence-electron chi connectivity index (χ4n) is 3.68. The highest BCUT2D eigenvalue weighted by Gasteiger charge is 2.15. The van der Waals surface area contributed by atoms with Gasteiger partial charge >= 0.3 is 0 Å². The molecule has 0 aliphatic heterocycles. The van der Waals surface area contributed by atoms with Crippen LogP contribution in [0.1, 0.15) is 31.0 Å². The van der Waals surface area contributed by atoms with E-state index in [0.29, 0.717) is 0 Å². The smallest absolute Gasteiger partial charge is 0.238 e. The van der Waals surface area contributed by atoms with Crippen LogP contribution in [0.4, 0.5) is 5.69 Å². The number of fused-ring (bicyclic) bond motifs is 1. The fourth-order valence-corrected chi connectivity index (χ4v) is 3.68. The van der Waals surface area contributed by atoms with E-state index in [4.69, 9.17) is 0 Å². The van der Waals surface area contributed by atoms with Gasteiger partial charge in [-0.15, -0.1) is 0 Å². The summed E-state index contributed by atoms with van der Waals surface area (Å²) < 4.78 is 0. The second-order valence-corrected chi connectivity index (χ2v) is 7.59. The Morgan fingerprint density at radius 3 is 2.37 bits per heavy atom. The maximum atomic E-state index is 12.5. The Labute approximate surface area is 178 Å². The minimum atomic E-state index is -0.131. The summed E-state index contributed by atoms with van der Waals surface area (Å²) in [7, 11) is 1.77. The maximum absolute atomic E-state index is 12.5. The number of hydrogen-bond donors (Lipinski definition) is 2. The van der Waals surface area contributed by atoms with Gasteiger partial charge in [-0.1, -0.05) is 67.6 Å². The molecule has 3 rings (SSSR count). The van der Waals surface area contributed by atoms with Gasteiger partial charge in [-0.25, -0.2) is 0 Å². The second-order valence-electron chi connectivity index (χ2n) is 7.59. The highest BCUT2D eigenvalue weighted by molar-refractivity contribution is 5.93. The van der Waals surface area contributed by atoms with Crippen molar-refractivity contribution in [2.24, 2.45) is 0 Å². The summed E-state index contributed by atoms with van der Waals surface area (Å²) in [6.07, 6.45) is 0.848. The highest BCUT2D eigenvalue weighted by Crippen LogP contribution is 2.24. The number of hydrogen-bond acceptors (Lipinski definition) is 3. The molecule has 0 radical (unpaired) electrons. The molecule has 2 N–H and O–H groups in total. The van der Waals surface area contributed by atoms with Crippen molar-refractivity contribution in [2.75, 3.05) is 25.5 Å². The van der Waals surface area contributed by atoms with Gasteiger partial charge in [0, 0.05) is 5.69 Å². The SMILES string of the molecule is CCc1ccccc1NC(=O)CN(C)CC(=O)N[C@@H](C)c1cccc2ccccc12. The van der Waals surface area contributed by atoms with E-state index in [-0.39, 0.29) is 30.9 Å². The lowest BCUT2D eigenvalue weighted by molar-refractivity contribution is -0.123. The molecule has 0 aliphatic rings. The average Bonchev–Trinajstić information content (AvgIpc) is 2.73. The van der Waals surface area contributed by atoms with E-state index in [9.17, 15) is 9.59 Å². The van der Waals surface area contributed by atoms with Crippen LogP contribution in [0, 0.1) is 0 Å². The van der Waals surface area contributed by atoms with Crippen LogP contribution in [0.15, 0.2) is 66.7 Å². The second kappa shape index (κ2) is 10.0. The first-order valence-electron chi connectivity index (χ1n) is 10.3. The van der Waals surface area contributed by atoms with E-state index in [1.54, 1.807) is 11.9 Å². The molecule has 3 aromatic rings. The molecule has 1 atom stereocenters. The molecule has 3 aromatic carbocycles. The molecular formula is C25H29N3O2. The van der Waals surface area contributed by atoms with Crippen molar-refractivity contribution < 1.29 is 9.59 Å². The van der Waals surface area contributed by atoms with Crippen molar-refractivity contribution in [2.45, 2.75) is 26.3 Å².